The zero-order chi connectivity index (χ0) is 11.3. The maximum Gasteiger partial charge on any atom is 0.116 e. The van der Waals surface area contributed by atoms with E-state index in [1.54, 1.807) is 0 Å². The van der Waals surface area contributed by atoms with Gasteiger partial charge in [0.15, 0.2) is 0 Å². The van der Waals surface area contributed by atoms with Crippen LogP contribution < -0.4 is 5.73 Å². The molecule has 0 unspecified atom stereocenters. The van der Waals surface area contributed by atoms with Crippen molar-refractivity contribution in [1.29, 1.82) is 5.26 Å². The highest BCUT2D eigenvalue weighted by Crippen LogP contribution is 2.16. The Hall–Kier alpha value is -0.730. The summed E-state index contributed by atoms with van der Waals surface area (Å²) in [5, 5.41) is 8.96. The third-order valence-corrected chi connectivity index (χ3v) is 3.67. The van der Waals surface area contributed by atoms with Crippen LogP contribution in [0, 0.1) is 11.3 Å². The van der Waals surface area contributed by atoms with Gasteiger partial charge in [-0.15, -0.1) is 0 Å². The van der Waals surface area contributed by atoms with Crippen molar-refractivity contribution >= 4 is 29.0 Å². The molecule has 1 fully saturated rings. The Morgan fingerprint density at radius 3 is 2.80 bits per heavy atom. The average molecular weight is 241 g/mol. The van der Waals surface area contributed by atoms with Crippen molar-refractivity contribution in [2.75, 3.05) is 24.6 Å². The summed E-state index contributed by atoms with van der Waals surface area (Å²) in [4.78, 5) is 2.41. The lowest BCUT2D eigenvalue weighted by Crippen LogP contribution is -2.27. The summed E-state index contributed by atoms with van der Waals surface area (Å²) >= 11 is 6.81. The van der Waals surface area contributed by atoms with E-state index in [0.29, 0.717) is 5.57 Å². The topological polar surface area (TPSA) is 53.1 Å². The van der Waals surface area contributed by atoms with Gasteiger partial charge in [0.1, 0.15) is 16.6 Å². The molecule has 0 spiro atoms. The van der Waals surface area contributed by atoms with Gasteiger partial charge in [0.05, 0.1) is 0 Å². The molecule has 0 aromatic heterocycles. The van der Waals surface area contributed by atoms with Crippen LogP contribution in [0.25, 0.3) is 0 Å². The average Bonchev–Trinajstić information content (AvgIpc) is 2.45. The number of rotatable bonds is 2. The summed E-state index contributed by atoms with van der Waals surface area (Å²) in [5.41, 5.74) is 6.89. The van der Waals surface area contributed by atoms with Crippen molar-refractivity contribution < 1.29 is 0 Å². The summed E-state index contributed by atoms with van der Waals surface area (Å²) < 4.78 is 0. The number of allylic oxidation sites excluding steroid dienone is 1. The van der Waals surface area contributed by atoms with E-state index in [4.69, 9.17) is 23.2 Å². The Morgan fingerprint density at radius 2 is 2.20 bits per heavy atom. The largest absolute Gasteiger partial charge is 0.389 e. The van der Waals surface area contributed by atoms with Gasteiger partial charge < -0.3 is 10.6 Å². The second-order valence-corrected chi connectivity index (χ2v) is 5.05. The second-order valence-electron chi connectivity index (χ2n) is 3.39. The van der Waals surface area contributed by atoms with Gasteiger partial charge in [0.2, 0.25) is 0 Å². The first-order chi connectivity index (χ1) is 7.16. The summed E-state index contributed by atoms with van der Waals surface area (Å²) in [5.74, 6) is 2.30. The van der Waals surface area contributed by atoms with Gasteiger partial charge in [-0.1, -0.05) is 12.2 Å². The molecule has 1 saturated heterocycles. The van der Waals surface area contributed by atoms with Gasteiger partial charge in [-0.3, -0.25) is 0 Å². The second kappa shape index (κ2) is 5.99. The third-order valence-electron chi connectivity index (χ3n) is 2.42. The SMILES string of the molecule is CC(=C(C#N)C(N)=S)N1CCCSCC1. The van der Waals surface area contributed by atoms with Crippen LogP contribution in [0.5, 0.6) is 0 Å². The van der Waals surface area contributed by atoms with Crippen molar-refractivity contribution in [3.63, 3.8) is 0 Å². The molecule has 0 saturated carbocycles. The Morgan fingerprint density at radius 1 is 1.47 bits per heavy atom. The van der Waals surface area contributed by atoms with Crippen LogP contribution >= 0.6 is 24.0 Å². The van der Waals surface area contributed by atoms with E-state index in [9.17, 15) is 0 Å². The molecule has 1 aliphatic rings. The molecule has 0 amide bonds. The van der Waals surface area contributed by atoms with Gasteiger partial charge in [-0.25, -0.2) is 0 Å². The number of thioether (sulfide) groups is 1. The lowest BCUT2D eigenvalue weighted by atomic mass is 10.2. The third kappa shape index (κ3) is 3.40. The van der Waals surface area contributed by atoms with E-state index in [1.165, 1.54) is 5.75 Å². The van der Waals surface area contributed by atoms with Crippen LogP contribution in [-0.2, 0) is 0 Å². The first kappa shape index (κ1) is 12.3. The summed E-state index contributed by atoms with van der Waals surface area (Å²) in [6.07, 6.45) is 1.15. The minimum Gasteiger partial charge on any atom is -0.389 e. The summed E-state index contributed by atoms with van der Waals surface area (Å²) in [7, 11) is 0. The van der Waals surface area contributed by atoms with Gasteiger partial charge in [0.25, 0.3) is 0 Å². The quantitative estimate of drug-likeness (QED) is 0.451. The van der Waals surface area contributed by atoms with Gasteiger partial charge in [-0.05, 0) is 19.1 Å². The normalized spacial score (nSPS) is 18.8. The van der Waals surface area contributed by atoms with Crippen molar-refractivity contribution in [3.05, 3.63) is 11.3 Å². The molecule has 0 aromatic carbocycles. The molecule has 1 rings (SSSR count). The maximum absolute atomic E-state index is 8.96. The van der Waals surface area contributed by atoms with Crippen LogP contribution in [0.1, 0.15) is 13.3 Å². The Labute approximate surface area is 100 Å². The molecule has 1 aliphatic heterocycles. The number of nitrogens with two attached hydrogens (primary N) is 1. The lowest BCUT2D eigenvalue weighted by Gasteiger charge is -2.23. The number of hydrogen-bond donors (Lipinski definition) is 1. The van der Waals surface area contributed by atoms with Crippen molar-refractivity contribution in [2.45, 2.75) is 13.3 Å². The van der Waals surface area contributed by atoms with E-state index in [2.05, 4.69) is 11.0 Å². The zero-order valence-electron chi connectivity index (χ0n) is 8.82. The zero-order valence-corrected chi connectivity index (χ0v) is 10.5. The molecule has 0 radical (unpaired) electrons. The summed E-state index contributed by atoms with van der Waals surface area (Å²) in [6, 6.07) is 2.08. The van der Waals surface area contributed by atoms with Crippen LogP contribution in [0.3, 0.4) is 0 Å². The van der Waals surface area contributed by atoms with Crippen LogP contribution in [0.15, 0.2) is 11.3 Å². The van der Waals surface area contributed by atoms with Crippen LogP contribution in [0.2, 0.25) is 0 Å². The molecule has 1 heterocycles. The summed E-state index contributed by atoms with van der Waals surface area (Å²) in [6.45, 7) is 3.89. The smallest absolute Gasteiger partial charge is 0.116 e. The molecule has 0 aliphatic carbocycles. The molecule has 0 aromatic rings. The first-order valence-electron chi connectivity index (χ1n) is 4.90. The number of nitrogens with zero attached hydrogens (tertiary/aromatic N) is 2. The van der Waals surface area contributed by atoms with Gasteiger partial charge >= 0.3 is 0 Å². The fourth-order valence-corrected chi connectivity index (χ4v) is 2.63. The van der Waals surface area contributed by atoms with E-state index in [0.717, 1.165) is 31.0 Å². The molecule has 5 heteroatoms. The number of hydrogen-bond acceptors (Lipinski definition) is 4. The standard InChI is InChI=1S/C10H15N3S2/c1-8(9(7-11)10(12)14)13-3-2-5-15-6-4-13/h2-6H2,1H3,(H2,12,14). The van der Waals surface area contributed by atoms with Crippen molar-refractivity contribution in [2.24, 2.45) is 5.73 Å². The highest BCUT2D eigenvalue weighted by atomic mass is 32.2. The molecule has 82 valence electrons. The molecule has 0 atom stereocenters. The molecular formula is C10H15N3S2. The minimum absolute atomic E-state index is 0.201. The van der Waals surface area contributed by atoms with E-state index >= 15 is 0 Å². The highest BCUT2D eigenvalue weighted by molar-refractivity contribution is 7.99. The molecular weight excluding hydrogens is 226 g/mol. The predicted molar refractivity (Wildman–Crippen MR) is 68.6 cm³/mol. The predicted octanol–water partition coefficient (Wildman–Crippen LogP) is 1.51. The Kier molecular flexibility index (Phi) is 4.92. The van der Waals surface area contributed by atoms with Crippen molar-refractivity contribution in [1.82, 2.24) is 4.90 Å². The number of thiocarbonyl (C=S) groups is 1. The lowest BCUT2D eigenvalue weighted by molar-refractivity contribution is 0.371. The fraction of sp³-hybridized carbons (Fsp3) is 0.600. The Bertz CT molecular complexity index is 309. The van der Waals surface area contributed by atoms with Crippen molar-refractivity contribution in [3.8, 4) is 6.07 Å². The fourth-order valence-electron chi connectivity index (χ4n) is 1.55. The van der Waals surface area contributed by atoms with Crippen LogP contribution in [0.4, 0.5) is 0 Å². The minimum atomic E-state index is 0.201. The van der Waals surface area contributed by atoms with E-state index in [-0.39, 0.29) is 4.99 Å². The maximum atomic E-state index is 8.96. The monoisotopic (exact) mass is 241 g/mol. The molecule has 3 nitrogen and oxygen atoms in total. The molecule has 2 N–H and O–H groups in total. The number of nitriles is 1. The highest BCUT2D eigenvalue weighted by Gasteiger charge is 2.14. The van der Waals surface area contributed by atoms with Gasteiger partial charge in [0, 0.05) is 24.5 Å². The van der Waals surface area contributed by atoms with Gasteiger partial charge in [-0.2, -0.15) is 17.0 Å². The van der Waals surface area contributed by atoms with E-state index < -0.39 is 0 Å². The van der Waals surface area contributed by atoms with Crippen LogP contribution in [-0.4, -0.2) is 34.5 Å². The molecule has 0 bridgehead atoms. The van der Waals surface area contributed by atoms with E-state index in [1.807, 2.05) is 18.7 Å². The Balaban J connectivity index is 2.84. The first-order valence-corrected chi connectivity index (χ1v) is 6.46. The molecule has 15 heavy (non-hydrogen) atoms.